The highest BCUT2D eigenvalue weighted by atomic mass is 16.5. The second-order valence-electron chi connectivity index (χ2n) is 3.13. The average Bonchev–Trinajstić information content (AvgIpc) is 2.62. The minimum absolute atomic E-state index is 0.182. The van der Waals surface area contributed by atoms with Crippen LogP contribution in [0.3, 0.4) is 0 Å². The van der Waals surface area contributed by atoms with E-state index in [2.05, 4.69) is 4.98 Å². The van der Waals surface area contributed by atoms with Gasteiger partial charge in [-0.15, -0.1) is 0 Å². The maximum absolute atomic E-state index is 9.20. The van der Waals surface area contributed by atoms with Crippen LogP contribution < -0.4 is 4.74 Å². The van der Waals surface area contributed by atoms with Crippen LogP contribution in [0.5, 0.6) is 11.5 Å². The number of hydrogen-bond donors (Lipinski definition) is 1. The number of oxazole rings is 1. The van der Waals surface area contributed by atoms with Crippen molar-refractivity contribution in [2.24, 2.45) is 0 Å². The molecule has 1 heterocycles. The number of aromatic hydroxyl groups is 1. The van der Waals surface area contributed by atoms with Crippen molar-refractivity contribution in [1.82, 2.24) is 4.98 Å². The number of aromatic nitrogens is 1. The first-order valence-electron chi connectivity index (χ1n) is 4.57. The topological polar surface area (TPSA) is 55.5 Å². The first-order chi connectivity index (χ1) is 7.24. The van der Waals surface area contributed by atoms with Gasteiger partial charge in [-0.25, -0.2) is 4.98 Å². The predicted molar refractivity (Wildman–Crippen MR) is 53.7 cm³/mol. The summed E-state index contributed by atoms with van der Waals surface area (Å²) in [6, 6.07) is 6.62. The molecule has 0 saturated heterocycles. The molecular weight excluding hydrogens is 194 g/mol. The summed E-state index contributed by atoms with van der Waals surface area (Å²) in [7, 11) is 0. The summed E-state index contributed by atoms with van der Waals surface area (Å²) < 4.78 is 10.6. The maximum Gasteiger partial charge on any atom is 0.191 e. The molecule has 4 heteroatoms. The Morgan fingerprint density at radius 3 is 3.00 bits per heavy atom. The first-order valence-corrected chi connectivity index (χ1v) is 4.57. The van der Waals surface area contributed by atoms with E-state index in [0.29, 0.717) is 24.0 Å². The van der Waals surface area contributed by atoms with Crippen molar-refractivity contribution in [2.75, 3.05) is 0 Å². The summed E-state index contributed by atoms with van der Waals surface area (Å²) in [5.74, 6) is 2.06. The fourth-order valence-corrected chi connectivity index (χ4v) is 1.20. The van der Waals surface area contributed by atoms with E-state index in [1.165, 1.54) is 0 Å². The van der Waals surface area contributed by atoms with Gasteiger partial charge in [0.25, 0.3) is 0 Å². The largest absolute Gasteiger partial charge is 0.508 e. The summed E-state index contributed by atoms with van der Waals surface area (Å²) in [5.41, 5.74) is 0. The zero-order valence-corrected chi connectivity index (χ0v) is 8.30. The number of benzene rings is 1. The zero-order chi connectivity index (χ0) is 10.7. The second kappa shape index (κ2) is 4.04. The highest BCUT2D eigenvalue weighted by Crippen LogP contribution is 2.18. The number of phenols is 1. The Bertz CT molecular complexity index is 451. The quantitative estimate of drug-likeness (QED) is 0.835. The highest BCUT2D eigenvalue weighted by Gasteiger charge is 2.01. The van der Waals surface area contributed by atoms with Gasteiger partial charge in [0.05, 0.1) is 6.20 Å². The van der Waals surface area contributed by atoms with Gasteiger partial charge in [-0.3, -0.25) is 0 Å². The lowest BCUT2D eigenvalue weighted by atomic mass is 10.3. The van der Waals surface area contributed by atoms with Crippen molar-refractivity contribution in [3.8, 4) is 11.5 Å². The molecule has 0 unspecified atom stereocenters. The molecule has 0 atom stereocenters. The predicted octanol–water partition coefficient (Wildman–Crippen LogP) is 2.27. The molecule has 0 saturated carbocycles. The fourth-order valence-electron chi connectivity index (χ4n) is 1.20. The summed E-state index contributed by atoms with van der Waals surface area (Å²) in [6.07, 6.45) is 1.62. The Balaban J connectivity index is 1.99. The van der Waals surface area contributed by atoms with Crippen LogP contribution in [-0.4, -0.2) is 10.1 Å². The van der Waals surface area contributed by atoms with Crippen molar-refractivity contribution in [3.63, 3.8) is 0 Å². The Labute approximate surface area is 87.1 Å². The molecule has 0 fully saturated rings. The monoisotopic (exact) mass is 205 g/mol. The van der Waals surface area contributed by atoms with E-state index in [4.69, 9.17) is 9.15 Å². The smallest absolute Gasteiger partial charge is 0.191 e. The van der Waals surface area contributed by atoms with E-state index >= 15 is 0 Å². The minimum Gasteiger partial charge on any atom is -0.508 e. The SMILES string of the molecule is Cc1ncc(COc2cccc(O)c2)o1. The third-order valence-electron chi connectivity index (χ3n) is 1.87. The molecule has 78 valence electrons. The first kappa shape index (κ1) is 9.58. The van der Waals surface area contributed by atoms with Crippen LogP contribution >= 0.6 is 0 Å². The van der Waals surface area contributed by atoms with Crippen molar-refractivity contribution in [2.45, 2.75) is 13.5 Å². The van der Waals surface area contributed by atoms with E-state index in [-0.39, 0.29) is 5.75 Å². The van der Waals surface area contributed by atoms with E-state index in [1.807, 2.05) is 0 Å². The summed E-state index contributed by atoms with van der Waals surface area (Å²) >= 11 is 0. The summed E-state index contributed by atoms with van der Waals surface area (Å²) in [4.78, 5) is 3.95. The van der Waals surface area contributed by atoms with Crippen molar-refractivity contribution in [1.29, 1.82) is 0 Å². The Kier molecular flexibility index (Phi) is 2.58. The molecule has 15 heavy (non-hydrogen) atoms. The summed E-state index contributed by atoms with van der Waals surface area (Å²) in [6.45, 7) is 2.09. The summed E-state index contributed by atoms with van der Waals surface area (Å²) in [5, 5.41) is 9.20. The van der Waals surface area contributed by atoms with Gasteiger partial charge in [-0.2, -0.15) is 0 Å². The molecule has 0 aliphatic heterocycles. The molecule has 1 aromatic heterocycles. The van der Waals surface area contributed by atoms with E-state index in [1.54, 1.807) is 37.4 Å². The Morgan fingerprint density at radius 2 is 2.33 bits per heavy atom. The fraction of sp³-hybridized carbons (Fsp3) is 0.182. The van der Waals surface area contributed by atoms with Gasteiger partial charge in [-0.05, 0) is 12.1 Å². The minimum atomic E-state index is 0.182. The number of phenolic OH excluding ortho intramolecular Hbond substituents is 1. The molecule has 0 spiro atoms. The molecule has 2 rings (SSSR count). The molecule has 0 radical (unpaired) electrons. The third kappa shape index (κ3) is 2.49. The molecule has 0 bridgehead atoms. The van der Waals surface area contributed by atoms with Gasteiger partial charge < -0.3 is 14.3 Å². The zero-order valence-electron chi connectivity index (χ0n) is 8.30. The molecular formula is C11H11NO3. The number of aryl methyl sites for hydroxylation is 1. The molecule has 1 aromatic carbocycles. The van der Waals surface area contributed by atoms with Gasteiger partial charge in [0.1, 0.15) is 18.1 Å². The van der Waals surface area contributed by atoms with Crippen molar-refractivity contribution < 1.29 is 14.3 Å². The van der Waals surface area contributed by atoms with Crippen molar-refractivity contribution >= 4 is 0 Å². The van der Waals surface area contributed by atoms with Gasteiger partial charge in [0, 0.05) is 13.0 Å². The highest BCUT2D eigenvalue weighted by molar-refractivity contribution is 5.31. The van der Waals surface area contributed by atoms with Gasteiger partial charge in [0.15, 0.2) is 11.7 Å². The second-order valence-corrected chi connectivity index (χ2v) is 3.13. The van der Waals surface area contributed by atoms with Crippen LogP contribution in [0.15, 0.2) is 34.9 Å². The molecule has 0 amide bonds. The molecule has 1 N–H and O–H groups in total. The van der Waals surface area contributed by atoms with E-state index in [0.717, 1.165) is 0 Å². The molecule has 2 aromatic rings. The normalized spacial score (nSPS) is 10.2. The number of ether oxygens (including phenoxy) is 1. The Hall–Kier alpha value is -1.97. The van der Waals surface area contributed by atoms with Gasteiger partial charge >= 0.3 is 0 Å². The molecule has 4 nitrogen and oxygen atoms in total. The van der Waals surface area contributed by atoms with Crippen LogP contribution in [0.2, 0.25) is 0 Å². The number of rotatable bonds is 3. The van der Waals surface area contributed by atoms with Crippen LogP contribution in [0.1, 0.15) is 11.7 Å². The van der Waals surface area contributed by atoms with Crippen LogP contribution in [0.4, 0.5) is 0 Å². The molecule has 0 aliphatic rings. The van der Waals surface area contributed by atoms with E-state index < -0.39 is 0 Å². The lowest BCUT2D eigenvalue weighted by Gasteiger charge is -2.03. The van der Waals surface area contributed by atoms with Crippen molar-refractivity contribution in [3.05, 3.63) is 42.1 Å². The molecule has 0 aliphatic carbocycles. The number of hydrogen-bond acceptors (Lipinski definition) is 4. The lowest BCUT2D eigenvalue weighted by molar-refractivity contribution is 0.266. The maximum atomic E-state index is 9.20. The standard InChI is InChI=1S/C11H11NO3/c1-8-12-6-11(15-8)7-14-10-4-2-3-9(13)5-10/h2-6,13H,7H2,1H3. The number of nitrogens with zero attached hydrogens (tertiary/aromatic N) is 1. The third-order valence-corrected chi connectivity index (χ3v) is 1.87. The van der Waals surface area contributed by atoms with Crippen LogP contribution in [0, 0.1) is 6.92 Å². The van der Waals surface area contributed by atoms with Gasteiger partial charge in [-0.1, -0.05) is 6.07 Å². The van der Waals surface area contributed by atoms with Gasteiger partial charge in [0.2, 0.25) is 0 Å². The lowest BCUT2D eigenvalue weighted by Crippen LogP contribution is -1.93. The van der Waals surface area contributed by atoms with E-state index in [9.17, 15) is 5.11 Å². The van der Waals surface area contributed by atoms with Crippen LogP contribution in [-0.2, 0) is 6.61 Å². The Morgan fingerprint density at radius 1 is 1.47 bits per heavy atom. The average molecular weight is 205 g/mol. The van der Waals surface area contributed by atoms with Crippen LogP contribution in [0.25, 0.3) is 0 Å².